The van der Waals surface area contributed by atoms with E-state index in [2.05, 4.69) is 32.8 Å². The van der Waals surface area contributed by atoms with Crippen molar-refractivity contribution in [2.45, 2.75) is 58.4 Å². The van der Waals surface area contributed by atoms with Crippen LogP contribution in [0.5, 0.6) is 0 Å². The molecule has 24 heavy (non-hydrogen) atoms. The first-order valence-corrected chi connectivity index (χ1v) is 9.54. The Labute approximate surface area is 144 Å². The Morgan fingerprint density at radius 3 is 2.75 bits per heavy atom. The van der Waals surface area contributed by atoms with Crippen LogP contribution in [0.1, 0.15) is 50.5 Å². The summed E-state index contributed by atoms with van der Waals surface area (Å²) < 4.78 is 0. The van der Waals surface area contributed by atoms with Gasteiger partial charge in [0.1, 0.15) is 11.6 Å². The van der Waals surface area contributed by atoms with E-state index >= 15 is 0 Å². The van der Waals surface area contributed by atoms with Gasteiger partial charge in [-0.1, -0.05) is 13.3 Å². The predicted octanol–water partition coefficient (Wildman–Crippen LogP) is 2.57. The summed E-state index contributed by atoms with van der Waals surface area (Å²) in [6.07, 6.45) is 6.86. The van der Waals surface area contributed by atoms with Gasteiger partial charge >= 0.3 is 0 Å². The molecule has 0 radical (unpaired) electrons. The van der Waals surface area contributed by atoms with Crippen molar-refractivity contribution in [1.82, 2.24) is 14.9 Å². The predicted molar refractivity (Wildman–Crippen MR) is 93.9 cm³/mol. The second kappa shape index (κ2) is 6.34. The smallest absolute Gasteiger partial charge is 0.227 e. The van der Waals surface area contributed by atoms with Crippen molar-refractivity contribution < 1.29 is 4.79 Å². The van der Waals surface area contributed by atoms with Crippen LogP contribution in [0.4, 0.5) is 5.82 Å². The van der Waals surface area contributed by atoms with Crippen LogP contribution >= 0.6 is 0 Å². The van der Waals surface area contributed by atoms with Crippen molar-refractivity contribution in [3.63, 3.8) is 0 Å². The van der Waals surface area contributed by atoms with Crippen molar-refractivity contribution in [1.29, 1.82) is 0 Å². The summed E-state index contributed by atoms with van der Waals surface area (Å²) in [5.41, 5.74) is 1.12. The number of carbonyl (C=O) groups excluding carboxylic acids is 1. The molecular formula is C19H28N4O. The molecule has 1 aliphatic carbocycles. The molecule has 2 atom stereocenters. The third-order valence-corrected chi connectivity index (χ3v) is 5.65. The highest BCUT2D eigenvalue weighted by Gasteiger charge is 2.42. The van der Waals surface area contributed by atoms with Gasteiger partial charge in [0, 0.05) is 37.4 Å². The molecule has 130 valence electrons. The standard InChI is InChI=1S/C19H28N4O/c1-3-4-16-9-18(21-13(2)20-16)22-11-15-7-8-17(12-22)23(19(15)24)10-14-5-6-14/h9,14-15,17H,3-8,10-12H2,1-2H3/t15-,17+/m0/s1. The number of hydrogen-bond acceptors (Lipinski definition) is 4. The highest BCUT2D eigenvalue weighted by molar-refractivity contribution is 5.81. The summed E-state index contributed by atoms with van der Waals surface area (Å²) in [5, 5.41) is 0. The van der Waals surface area contributed by atoms with Crippen molar-refractivity contribution in [3.8, 4) is 0 Å². The molecule has 5 heteroatoms. The Kier molecular flexibility index (Phi) is 4.19. The monoisotopic (exact) mass is 328 g/mol. The highest BCUT2D eigenvalue weighted by atomic mass is 16.2. The lowest BCUT2D eigenvalue weighted by molar-refractivity contribution is -0.140. The Bertz CT molecular complexity index is 628. The molecule has 0 unspecified atom stereocenters. The van der Waals surface area contributed by atoms with Crippen LogP contribution in [0.2, 0.25) is 0 Å². The van der Waals surface area contributed by atoms with E-state index in [0.29, 0.717) is 11.9 Å². The largest absolute Gasteiger partial charge is 0.354 e. The molecule has 1 amide bonds. The lowest BCUT2D eigenvalue weighted by Crippen LogP contribution is -2.48. The van der Waals surface area contributed by atoms with E-state index in [1.807, 2.05) is 6.92 Å². The zero-order chi connectivity index (χ0) is 16.7. The third-order valence-electron chi connectivity index (χ3n) is 5.65. The van der Waals surface area contributed by atoms with Crippen LogP contribution in [-0.2, 0) is 11.2 Å². The summed E-state index contributed by atoms with van der Waals surface area (Å²) in [7, 11) is 0. The van der Waals surface area contributed by atoms with Crippen LogP contribution in [0.25, 0.3) is 0 Å². The van der Waals surface area contributed by atoms with E-state index in [0.717, 1.165) is 68.6 Å². The van der Waals surface area contributed by atoms with Crippen LogP contribution in [-0.4, -0.2) is 46.5 Å². The van der Waals surface area contributed by atoms with Crippen molar-refractivity contribution >= 4 is 11.7 Å². The minimum absolute atomic E-state index is 0.146. The summed E-state index contributed by atoms with van der Waals surface area (Å²) in [6, 6.07) is 2.50. The molecule has 2 bridgehead atoms. The molecular weight excluding hydrogens is 300 g/mol. The Balaban J connectivity index is 1.58. The Morgan fingerprint density at radius 1 is 1.17 bits per heavy atom. The number of carbonyl (C=O) groups is 1. The molecule has 1 saturated carbocycles. The second-order valence-corrected chi connectivity index (χ2v) is 7.78. The molecule has 4 heterocycles. The zero-order valence-corrected chi connectivity index (χ0v) is 14.9. The van der Waals surface area contributed by atoms with Crippen LogP contribution < -0.4 is 4.90 Å². The second-order valence-electron chi connectivity index (χ2n) is 7.78. The number of amides is 1. The molecule has 1 aromatic rings. The van der Waals surface area contributed by atoms with Gasteiger partial charge in [-0.05, 0) is 44.9 Å². The van der Waals surface area contributed by atoms with Gasteiger partial charge in [0.2, 0.25) is 5.91 Å². The summed E-state index contributed by atoms with van der Waals surface area (Å²) in [4.78, 5) is 26.6. The van der Waals surface area contributed by atoms with Crippen molar-refractivity contribution in [3.05, 3.63) is 17.6 Å². The molecule has 4 fully saturated rings. The van der Waals surface area contributed by atoms with Gasteiger partial charge in [-0.25, -0.2) is 9.97 Å². The molecule has 5 rings (SSSR count). The first-order chi connectivity index (χ1) is 11.6. The third kappa shape index (κ3) is 3.13. The summed E-state index contributed by atoms with van der Waals surface area (Å²) >= 11 is 0. The maximum absolute atomic E-state index is 12.8. The SMILES string of the molecule is CCCc1cc(N2C[C@@H]3CC[C@H](C2)N(CC2CC2)C3=O)nc(C)n1. The van der Waals surface area contributed by atoms with E-state index in [1.165, 1.54) is 12.8 Å². The molecule has 4 aliphatic rings. The fraction of sp³-hybridized carbons (Fsp3) is 0.737. The van der Waals surface area contributed by atoms with E-state index in [4.69, 9.17) is 0 Å². The first-order valence-electron chi connectivity index (χ1n) is 9.54. The number of hydrogen-bond donors (Lipinski definition) is 0. The van der Waals surface area contributed by atoms with Gasteiger partial charge in [0.05, 0.1) is 5.92 Å². The number of rotatable bonds is 5. The molecule has 0 N–H and O–H groups in total. The van der Waals surface area contributed by atoms with Gasteiger partial charge < -0.3 is 9.80 Å². The van der Waals surface area contributed by atoms with E-state index in [1.54, 1.807) is 0 Å². The minimum atomic E-state index is 0.146. The van der Waals surface area contributed by atoms with Crippen molar-refractivity contribution in [2.75, 3.05) is 24.5 Å². The fourth-order valence-electron chi connectivity index (χ4n) is 4.20. The number of piperidine rings is 1. The van der Waals surface area contributed by atoms with Gasteiger partial charge in [-0.2, -0.15) is 0 Å². The van der Waals surface area contributed by atoms with Crippen LogP contribution in [0.15, 0.2) is 6.07 Å². The minimum Gasteiger partial charge on any atom is -0.354 e. The number of anilines is 1. The van der Waals surface area contributed by atoms with Crippen LogP contribution in [0.3, 0.4) is 0 Å². The number of nitrogens with zero attached hydrogens (tertiary/aromatic N) is 4. The Morgan fingerprint density at radius 2 is 2.00 bits per heavy atom. The maximum atomic E-state index is 12.8. The van der Waals surface area contributed by atoms with Gasteiger partial charge in [0.25, 0.3) is 0 Å². The van der Waals surface area contributed by atoms with Gasteiger partial charge in [-0.15, -0.1) is 0 Å². The lowest BCUT2D eigenvalue weighted by Gasteiger charge is -2.36. The number of aryl methyl sites for hydroxylation is 2. The molecule has 0 aromatic carbocycles. The number of aromatic nitrogens is 2. The Hall–Kier alpha value is -1.65. The average Bonchev–Trinajstić information content (AvgIpc) is 3.38. The molecule has 1 aromatic heterocycles. The number of fused-ring (bicyclic) bond motifs is 4. The lowest BCUT2D eigenvalue weighted by atomic mass is 9.94. The van der Waals surface area contributed by atoms with Gasteiger partial charge in [-0.3, -0.25) is 4.79 Å². The maximum Gasteiger partial charge on any atom is 0.227 e. The van der Waals surface area contributed by atoms with Crippen LogP contribution in [0, 0.1) is 18.8 Å². The first kappa shape index (κ1) is 15.9. The molecule has 5 nitrogen and oxygen atoms in total. The summed E-state index contributed by atoms with van der Waals surface area (Å²) in [6.45, 7) is 6.88. The topological polar surface area (TPSA) is 49.3 Å². The van der Waals surface area contributed by atoms with Crippen molar-refractivity contribution in [2.24, 2.45) is 11.8 Å². The van der Waals surface area contributed by atoms with E-state index in [-0.39, 0.29) is 5.92 Å². The van der Waals surface area contributed by atoms with E-state index < -0.39 is 0 Å². The molecule has 0 spiro atoms. The highest BCUT2D eigenvalue weighted by Crippen LogP contribution is 2.36. The average molecular weight is 328 g/mol. The molecule has 3 saturated heterocycles. The zero-order valence-electron chi connectivity index (χ0n) is 14.9. The van der Waals surface area contributed by atoms with Gasteiger partial charge in [0.15, 0.2) is 0 Å². The fourth-order valence-corrected chi connectivity index (χ4v) is 4.20. The normalized spacial score (nSPS) is 26.8. The summed E-state index contributed by atoms with van der Waals surface area (Å²) in [5.74, 6) is 3.16. The molecule has 3 aliphatic heterocycles. The quantitative estimate of drug-likeness (QED) is 0.833. The van der Waals surface area contributed by atoms with E-state index in [9.17, 15) is 4.79 Å².